The SMILES string of the molecule is C=CCNC(=S)N[NH+]=Cc1ccc(OCCCC)cc1. The van der Waals surface area contributed by atoms with Crippen LogP contribution in [0.2, 0.25) is 0 Å². The number of ether oxygens (including phenoxy) is 1. The molecule has 1 aromatic rings. The van der Waals surface area contributed by atoms with Gasteiger partial charge in [0.1, 0.15) is 5.75 Å². The first-order chi connectivity index (χ1) is 9.76. The third kappa shape index (κ3) is 6.89. The highest BCUT2D eigenvalue weighted by molar-refractivity contribution is 7.80. The molecule has 0 aliphatic rings. The van der Waals surface area contributed by atoms with Crippen LogP contribution in [-0.2, 0) is 0 Å². The van der Waals surface area contributed by atoms with Crippen LogP contribution in [0.3, 0.4) is 0 Å². The summed E-state index contributed by atoms with van der Waals surface area (Å²) in [6.07, 6.45) is 5.79. The molecule has 0 fully saturated rings. The molecule has 4 nitrogen and oxygen atoms in total. The average Bonchev–Trinajstić information content (AvgIpc) is 2.47. The van der Waals surface area contributed by atoms with Crippen molar-refractivity contribution in [1.82, 2.24) is 10.7 Å². The zero-order valence-electron chi connectivity index (χ0n) is 11.8. The Labute approximate surface area is 125 Å². The van der Waals surface area contributed by atoms with Crippen molar-refractivity contribution in [1.29, 1.82) is 0 Å². The maximum Gasteiger partial charge on any atom is 0.224 e. The minimum atomic E-state index is 0.528. The molecule has 3 N–H and O–H groups in total. The summed E-state index contributed by atoms with van der Waals surface area (Å²) >= 11 is 5.04. The van der Waals surface area contributed by atoms with Gasteiger partial charge in [0.05, 0.1) is 6.61 Å². The molecular weight excluding hydrogens is 270 g/mol. The second-order valence-corrected chi connectivity index (χ2v) is 4.59. The summed E-state index contributed by atoms with van der Waals surface area (Å²) in [4.78, 5) is 0. The molecule has 0 saturated heterocycles. The molecule has 0 saturated carbocycles. The van der Waals surface area contributed by atoms with Crippen molar-refractivity contribution in [2.75, 3.05) is 13.2 Å². The van der Waals surface area contributed by atoms with Crippen LogP contribution in [0.25, 0.3) is 0 Å². The molecule has 0 unspecified atom stereocenters. The van der Waals surface area contributed by atoms with Crippen molar-refractivity contribution in [3.05, 3.63) is 42.5 Å². The number of benzene rings is 1. The van der Waals surface area contributed by atoms with Gasteiger partial charge in [-0.1, -0.05) is 19.4 Å². The van der Waals surface area contributed by atoms with Crippen LogP contribution < -0.4 is 20.6 Å². The van der Waals surface area contributed by atoms with Crippen molar-refractivity contribution in [2.45, 2.75) is 19.8 Å². The summed E-state index contributed by atoms with van der Waals surface area (Å²) in [5, 5.41) is 6.41. The zero-order chi connectivity index (χ0) is 14.6. The van der Waals surface area contributed by atoms with Crippen molar-refractivity contribution < 1.29 is 9.84 Å². The fraction of sp³-hybridized carbons (Fsp3) is 0.333. The van der Waals surface area contributed by atoms with E-state index in [1.165, 1.54) is 0 Å². The number of rotatable bonds is 8. The van der Waals surface area contributed by atoms with E-state index in [1.54, 1.807) is 6.08 Å². The Hall–Kier alpha value is -1.88. The van der Waals surface area contributed by atoms with Gasteiger partial charge in [-0.2, -0.15) is 0 Å². The van der Waals surface area contributed by atoms with Gasteiger partial charge in [0.25, 0.3) is 0 Å². The van der Waals surface area contributed by atoms with E-state index < -0.39 is 0 Å². The number of unbranched alkanes of at least 4 members (excludes halogenated alkanes) is 1. The summed E-state index contributed by atoms with van der Waals surface area (Å²) in [5.74, 6) is 0.895. The lowest BCUT2D eigenvalue weighted by Crippen LogP contribution is -2.82. The number of hydrazine groups is 1. The van der Waals surface area contributed by atoms with Gasteiger partial charge in [0.15, 0.2) is 6.21 Å². The van der Waals surface area contributed by atoms with Gasteiger partial charge < -0.3 is 10.1 Å². The highest BCUT2D eigenvalue weighted by Gasteiger charge is 1.97. The molecule has 0 spiro atoms. The monoisotopic (exact) mass is 292 g/mol. The zero-order valence-corrected chi connectivity index (χ0v) is 12.6. The van der Waals surface area contributed by atoms with Crippen LogP contribution >= 0.6 is 12.2 Å². The van der Waals surface area contributed by atoms with E-state index >= 15 is 0 Å². The van der Waals surface area contributed by atoms with Gasteiger partial charge in [0.2, 0.25) is 5.11 Å². The summed E-state index contributed by atoms with van der Waals surface area (Å²) in [7, 11) is 0. The smallest absolute Gasteiger partial charge is 0.224 e. The Morgan fingerprint density at radius 3 is 2.80 bits per heavy atom. The molecule has 5 heteroatoms. The third-order valence-electron chi connectivity index (χ3n) is 2.48. The molecule has 0 radical (unpaired) electrons. The van der Waals surface area contributed by atoms with Gasteiger partial charge in [-0.05, 0) is 42.9 Å². The van der Waals surface area contributed by atoms with Crippen LogP contribution in [0.4, 0.5) is 0 Å². The molecule has 0 aliphatic carbocycles. The van der Waals surface area contributed by atoms with Crippen LogP contribution in [0.1, 0.15) is 25.3 Å². The second kappa shape index (κ2) is 9.97. The predicted octanol–water partition coefficient (Wildman–Crippen LogP) is 0.930. The van der Waals surface area contributed by atoms with Gasteiger partial charge >= 0.3 is 0 Å². The fourth-order valence-corrected chi connectivity index (χ4v) is 1.53. The summed E-state index contributed by atoms with van der Waals surface area (Å²) in [5.41, 5.74) is 3.89. The first-order valence-corrected chi connectivity index (χ1v) is 7.13. The predicted molar refractivity (Wildman–Crippen MR) is 86.9 cm³/mol. The first-order valence-electron chi connectivity index (χ1n) is 6.72. The van der Waals surface area contributed by atoms with Crippen molar-refractivity contribution in [3.63, 3.8) is 0 Å². The van der Waals surface area contributed by atoms with E-state index in [2.05, 4.69) is 29.3 Å². The minimum Gasteiger partial charge on any atom is -0.494 e. The lowest BCUT2D eigenvalue weighted by atomic mass is 10.2. The Bertz CT molecular complexity index is 443. The highest BCUT2D eigenvalue weighted by atomic mass is 32.1. The Balaban J connectivity index is 2.36. The first kappa shape index (κ1) is 16.2. The molecule has 0 bridgehead atoms. The van der Waals surface area contributed by atoms with Gasteiger partial charge in [-0.25, -0.2) is 0 Å². The van der Waals surface area contributed by atoms with Crippen LogP contribution in [-0.4, -0.2) is 24.5 Å². The topological polar surface area (TPSA) is 47.3 Å². The Kier molecular flexibility index (Phi) is 8.07. The minimum absolute atomic E-state index is 0.528. The normalized spacial score (nSPS) is 10.2. The maximum absolute atomic E-state index is 5.60. The number of thiocarbonyl (C=S) groups is 1. The summed E-state index contributed by atoms with van der Waals surface area (Å²) in [6.45, 7) is 7.16. The highest BCUT2D eigenvalue weighted by Crippen LogP contribution is 2.11. The van der Waals surface area contributed by atoms with Gasteiger partial charge in [-0.15, -0.1) is 17.1 Å². The van der Waals surface area contributed by atoms with Gasteiger partial charge in [-0.3, -0.25) is 0 Å². The van der Waals surface area contributed by atoms with E-state index in [0.29, 0.717) is 11.7 Å². The van der Waals surface area contributed by atoms with Crippen molar-refractivity contribution >= 4 is 23.5 Å². The molecule has 0 aliphatic heterocycles. The Morgan fingerprint density at radius 2 is 2.15 bits per heavy atom. The summed E-state index contributed by atoms with van der Waals surface area (Å²) < 4.78 is 5.60. The molecule has 0 aromatic heterocycles. The van der Waals surface area contributed by atoms with E-state index in [0.717, 1.165) is 30.8 Å². The van der Waals surface area contributed by atoms with E-state index in [-0.39, 0.29) is 0 Å². The number of hydrogen-bond donors (Lipinski definition) is 3. The van der Waals surface area contributed by atoms with Crippen molar-refractivity contribution in [2.24, 2.45) is 0 Å². The fourth-order valence-electron chi connectivity index (χ4n) is 1.39. The molecule has 0 heterocycles. The molecule has 20 heavy (non-hydrogen) atoms. The summed E-state index contributed by atoms with van der Waals surface area (Å²) in [6, 6.07) is 7.88. The van der Waals surface area contributed by atoms with E-state index in [1.807, 2.05) is 30.5 Å². The molecule has 1 aromatic carbocycles. The number of nitrogens with one attached hydrogen (secondary N) is 3. The average molecular weight is 292 g/mol. The van der Waals surface area contributed by atoms with Gasteiger partial charge in [0, 0.05) is 12.1 Å². The largest absolute Gasteiger partial charge is 0.494 e. The number of hydrogen-bond acceptors (Lipinski definition) is 2. The number of hydrazone groups is 1. The molecule has 1 rings (SSSR count). The Morgan fingerprint density at radius 1 is 1.40 bits per heavy atom. The van der Waals surface area contributed by atoms with Crippen LogP contribution in [0, 0.1) is 0 Å². The molecule has 0 amide bonds. The molecular formula is C15H22N3OS+. The lowest BCUT2D eigenvalue weighted by Gasteiger charge is -2.04. The standard InChI is InChI=1S/C15H21N3OS/c1-3-5-11-19-14-8-6-13(7-9-14)12-17-18-15(20)16-10-4-2/h4,6-9,12H,2-3,5,10-11H2,1H3,(H2,16,18,20)/p+1. The molecule has 0 atom stereocenters. The molecule has 108 valence electrons. The van der Waals surface area contributed by atoms with E-state index in [4.69, 9.17) is 17.0 Å². The maximum atomic E-state index is 5.60. The van der Waals surface area contributed by atoms with E-state index in [9.17, 15) is 0 Å². The van der Waals surface area contributed by atoms with Crippen LogP contribution in [0.15, 0.2) is 36.9 Å². The van der Waals surface area contributed by atoms with Crippen LogP contribution in [0.5, 0.6) is 5.75 Å². The quantitative estimate of drug-likeness (QED) is 0.219. The third-order valence-corrected chi connectivity index (χ3v) is 2.72. The lowest BCUT2D eigenvalue weighted by molar-refractivity contribution is -0.500. The van der Waals surface area contributed by atoms with Crippen molar-refractivity contribution in [3.8, 4) is 5.75 Å². The second-order valence-electron chi connectivity index (χ2n) is 4.18.